The molecule has 98 valence electrons. The van der Waals surface area contributed by atoms with Gasteiger partial charge in [0.1, 0.15) is 0 Å². The predicted molar refractivity (Wildman–Crippen MR) is 77.7 cm³/mol. The van der Waals surface area contributed by atoms with Crippen molar-refractivity contribution in [2.45, 2.75) is 0 Å². The molecule has 0 aliphatic heterocycles. The molecule has 2 aromatic carbocycles. The zero-order chi connectivity index (χ0) is 14.4. The van der Waals surface area contributed by atoms with E-state index in [1.54, 1.807) is 36.4 Å². The van der Waals surface area contributed by atoms with Gasteiger partial charge in [-0.05, 0) is 30.3 Å². The van der Waals surface area contributed by atoms with Crippen LogP contribution >= 0.6 is 11.6 Å². The Bertz CT molecular complexity index is 687. The van der Waals surface area contributed by atoms with Gasteiger partial charge in [-0.3, -0.25) is 4.79 Å². The van der Waals surface area contributed by atoms with Crippen LogP contribution in [0.5, 0.6) is 0 Å². The van der Waals surface area contributed by atoms with Crippen molar-refractivity contribution in [3.05, 3.63) is 70.2 Å². The maximum atomic E-state index is 11.8. The minimum Gasteiger partial charge on any atom is -0.267 e. The van der Waals surface area contributed by atoms with Crippen molar-refractivity contribution in [2.24, 2.45) is 5.10 Å². The van der Waals surface area contributed by atoms with E-state index in [9.17, 15) is 4.79 Å². The van der Waals surface area contributed by atoms with Crippen LogP contribution in [0.25, 0.3) is 0 Å². The average molecular weight is 284 g/mol. The van der Waals surface area contributed by atoms with Crippen LogP contribution in [0.3, 0.4) is 0 Å². The zero-order valence-corrected chi connectivity index (χ0v) is 11.1. The second kappa shape index (κ2) is 6.50. The average Bonchev–Trinajstić information content (AvgIpc) is 2.49. The van der Waals surface area contributed by atoms with Crippen LogP contribution in [0.2, 0.25) is 5.02 Å². The Morgan fingerprint density at radius 3 is 2.55 bits per heavy atom. The molecule has 0 aliphatic carbocycles. The number of carbonyl (C=O) groups excluding carboxylic acids is 1. The third kappa shape index (κ3) is 3.44. The maximum absolute atomic E-state index is 11.8. The number of nitriles is 1. The van der Waals surface area contributed by atoms with Gasteiger partial charge >= 0.3 is 0 Å². The van der Waals surface area contributed by atoms with Crippen molar-refractivity contribution >= 4 is 23.7 Å². The number of nitrogens with zero attached hydrogens (tertiary/aromatic N) is 2. The van der Waals surface area contributed by atoms with E-state index in [1.165, 1.54) is 6.21 Å². The minimum absolute atomic E-state index is 0.349. The van der Waals surface area contributed by atoms with Crippen LogP contribution in [0.4, 0.5) is 0 Å². The molecule has 20 heavy (non-hydrogen) atoms. The minimum atomic E-state index is -0.349. The molecule has 4 nitrogen and oxygen atoms in total. The molecule has 1 amide bonds. The van der Waals surface area contributed by atoms with E-state index in [0.29, 0.717) is 21.7 Å². The monoisotopic (exact) mass is 283 g/mol. The van der Waals surface area contributed by atoms with Crippen molar-refractivity contribution in [3.8, 4) is 6.07 Å². The fourth-order valence-corrected chi connectivity index (χ4v) is 1.69. The van der Waals surface area contributed by atoms with E-state index in [1.807, 2.05) is 18.2 Å². The molecule has 0 aliphatic rings. The molecule has 1 N–H and O–H groups in total. The zero-order valence-electron chi connectivity index (χ0n) is 10.4. The molecule has 0 atom stereocenters. The van der Waals surface area contributed by atoms with Crippen molar-refractivity contribution in [1.82, 2.24) is 5.43 Å². The van der Waals surface area contributed by atoms with Gasteiger partial charge < -0.3 is 0 Å². The number of hydrogen-bond acceptors (Lipinski definition) is 3. The number of amides is 1. The molecule has 2 rings (SSSR count). The number of nitrogens with one attached hydrogen (secondary N) is 1. The SMILES string of the molecule is N#Cc1ccc(C(=O)N/N=C\c2ccccc2Cl)cc1. The molecule has 5 heteroatoms. The topological polar surface area (TPSA) is 65.2 Å². The Morgan fingerprint density at radius 1 is 1.20 bits per heavy atom. The van der Waals surface area contributed by atoms with Crippen LogP contribution in [-0.4, -0.2) is 12.1 Å². The van der Waals surface area contributed by atoms with Crippen molar-refractivity contribution < 1.29 is 4.79 Å². The first-order valence-electron chi connectivity index (χ1n) is 5.79. The van der Waals surface area contributed by atoms with E-state index >= 15 is 0 Å². The molecule has 0 saturated carbocycles. The number of halogens is 1. The largest absolute Gasteiger partial charge is 0.271 e. The predicted octanol–water partition coefficient (Wildman–Crippen LogP) is 2.98. The summed E-state index contributed by atoms with van der Waals surface area (Å²) in [7, 11) is 0. The maximum Gasteiger partial charge on any atom is 0.271 e. The molecule has 2 aromatic rings. The lowest BCUT2D eigenvalue weighted by atomic mass is 10.1. The van der Waals surface area contributed by atoms with Gasteiger partial charge in [-0.2, -0.15) is 10.4 Å². The number of hydrazone groups is 1. The summed E-state index contributed by atoms with van der Waals surface area (Å²) in [6, 6.07) is 15.5. The van der Waals surface area contributed by atoms with Crippen LogP contribution in [0.15, 0.2) is 53.6 Å². The first kappa shape index (κ1) is 13.8. The van der Waals surface area contributed by atoms with E-state index < -0.39 is 0 Å². The highest BCUT2D eigenvalue weighted by molar-refractivity contribution is 6.33. The van der Waals surface area contributed by atoms with Gasteiger partial charge in [0.05, 0.1) is 17.8 Å². The summed E-state index contributed by atoms with van der Waals surface area (Å²) in [5, 5.41) is 13.1. The molecular weight excluding hydrogens is 274 g/mol. The number of benzene rings is 2. The molecule has 0 fully saturated rings. The van der Waals surface area contributed by atoms with Crippen molar-refractivity contribution in [1.29, 1.82) is 5.26 Å². The van der Waals surface area contributed by atoms with Crippen LogP contribution < -0.4 is 5.43 Å². The van der Waals surface area contributed by atoms with E-state index in [2.05, 4.69) is 10.5 Å². The molecule has 0 aromatic heterocycles. The number of carbonyl (C=O) groups is 1. The Hall–Kier alpha value is -2.64. The van der Waals surface area contributed by atoms with E-state index in [4.69, 9.17) is 16.9 Å². The fraction of sp³-hybridized carbons (Fsp3) is 0. The van der Waals surface area contributed by atoms with Crippen LogP contribution in [0.1, 0.15) is 21.5 Å². The van der Waals surface area contributed by atoms with Gasteiger partial charge in [0, 0.05) is 16.1 Å². The molecular formula is C15H10ClN3O. The highest BCUT2D eigenvalue weighted by Gasteiger charge is 2.03. The molecule has 0 radical (unpaired) electrons. The van der Waals surface area contributed by atoms with Gasteiger partial charge in [0.15, 0.2) is 0 Å². The van der Waals surface area contributed by atoms with Gasteiger partial charge in [-0.15, -0.1) is 0 Å². The number of rotatable bonds is 3. The molecule has 0 heterocycles. The van der Waals surface area contributed by atoms with Gasteiger partial charge in [-0.1, -0.05) is 29.8 Å². The lowest BCUT2D eigenvalue weighted by molar-refractivity contribution is 0.0955. The summed E-state index contributed by atoms with van der Waals surface area (Å²) in [4.78, 5) is 11.8. The number of hydrogen-bond donors (Lipinski definition) is 1. The van der Waals surface area contributed by atoms with E-state index in [0.717, 1.165) is 0 Å². The van der Waals surface area contributed by atoms with Gasteiger partial charge in [0.2, 0.25) is 0 Å². The fourth-order valence-electron chi connectivity index (χ4n) is 1.50. The van der Waals surface area contributed by atoms with Crippen LogP contribution in [0, 0.1) is 11.3 Å². The Kier molecular flexibility index (Phi) is 4.48. The summed E-state index contributed by atoms with van der Waals surface area (Å²) in [5.74, 6) is -0.349. The van der Waals surface area contributed by atoms with E-state index in [-0.39, 0.29) is 5.91 Å². The Morgan fingerprint density at radius 2 is 1.90 bits per heavy atom. The smallest absolute Gasteiger partial charge is 0.267 e. The molecule has 0 bridgehead atoms. The Labute approximate surface area is 121 Å². The highest BCUT2D eigenvalue weighted by Crippen LogP contribution is 2.12. The summed E-state index contributed by atoms with van der Waals surface area (Å²) >= 11 is 5.96. The second-order valence-corrected chi connectivity index (χ2v) is 4.32. The molecule has 0 spiro atoms. The summed E-state index contributed by atoms with van der Waals surface area (Å²) in [5.41, 5.74) is 4.05. The molecule has 0 unspecified atom stereocenters. The van der Waals surface area contributed by atoms with Gasteiger partial charge in [0.25, 0.3) is 5.91 Å². The standard InChI is InChI=1S/C15H10ClN3O/c16-14-4-2-1-3-13(14)10-18-19-15(20)12-7-5-11(9-17)6-8-12/h1-8,10H,(H,19,20)/b18-10-. The lowest BCUT2D eigenvalue weighted by Crippen LogP contribution is -2.17. The van der Waals surface area contributed by atoms with Crippen molar-refractivity contribution in [2.75, 3.05) is 0 Å². The van der Waals surface area contributed by atoms with Gasteiger partial charge in [-0.25, -0.2) is 5.43 Å². The van der Waals surface area contributed by atoms with Crippen molar-refractivity contribution in [3.63, 3.8) is 0 Å². The molecule has 0 saturated heterocycles. The second-order valence-electron chi connectivity index (χ2n) is 3.91. The summed E-state index contributed by atoms with van der Waals surface area (Å²) in [6.45, 7) is 0. The van der Waals surface area contributed by atoms with Crippen LogP contribution in [-0.2, 0) is 0 Å². The highest BCUT2D eigenvalue weighted by atomic mass is 35.5. The first-order chi connectivity index (χ1) is 9.70. The lowest BCUT2D eigenvalue weighted by Gasteiger charge is -2.00. The summed E-state index contributed by atoms with van der Waals surface area (Å²) in [6.07, 6.45) is 1.48. The third-order valence-corrected chi connectivity index (χ3v) is 2.90. The first-order valence-corrected chi connectivity index (χ1v) is 6.16. The third-order valence-electron chi connectivity index (χ3n) is 2.55. The normalized spacial score (nSPS) is 10.2. The Balaban J connectivity index is 2.02. The summed E-state index contributed by atoms with van der Waals surface area (Å²) < 4.78 is 0. The quantitative estimate of drug-likeness (QED) is 0.695.